The van der Waals surface area contributed by atoms with E-state index in [1.165, 1.54) is 4.57 Å². The molecule has 1 heterocycles. The second-order valence-corrected chi connectivity index (χ2v) is 7.37. The van der Waals surface area contributed by atoms with Crippen LogP contribution < -0.4 is 22.0 Å². The van der Waals surface area contributed by atoms with Gasteiger partial charge in [0.15, 0.2) is 5.11 Å². The van der Waals surface area contributed by atoms with Gasteiger partial charge in [0.05, 0.1) is 5.71 Å². The number of aromatic nitrogens is 2. The van der Waals surface area contributed by atoms with Crippen molar-refractivity contribution in [2.24, 2.45) is 5.10 Å². The maximum Gasteiger partial charge on any atom is 0.331 e. The van der Waals surface area contributed by atoms with Crippen LogP contribution in [-0.4, -0.2) is 25.5 Å². The van der Waals surface area contributed by atoms with Crippen molar-refractivity contribution in [3.05, 3.63) is 56.7 Å². The molecule has 0 saturated heterocycles. The van der Waals surface area contributed by atoms with E-state index in [1.807, 2.05) is 37.3 Å². The number of rotatable bonds is 5. The van der Waals surface area contributed by atoms with Gasteiger partial charge in [-0.3, -0.25) is 19.8 Å². The van der Waals surface area contributed by atoms with E-state index in [2.05, 4.69) is 20.8 Å². The third kappa shape index (κ3) is 4.92. The molecule has 0 spiro atoms. The highest BCUT2D eigenvalue weighted by Gasteiger charge is 2.24. The van der Waals surface area contributed by atoms with E-state index >= 15 is 0 Å². The lowest BCUT2D eigenvalue weighted by molar-refractivity contribution is 0.298. The van der Waals surface area contributed by atoms with Crippen molar-refractivity contribution in [1.82, 2.24) is 15.0 Å². The summed E-state index contributed by atoms with van der Waals surface area (Å²) in [4.78, 5) is 27.1. The van der Waals surface area contributed by atoms with Crippen molar-refractivity contribution in [2.75, 3.05) is 5.32 Å². The number of aromatic hydroxyl groups is 1. The first-order valence-corrected chi connectivity index (χ1v) is 10.2. The van der Waals surface area contributed by atoms with Crippen LogP contribution in [0.15, 0.2) is 45.0 Å². The molecule has 1 aromatic carbocycles. The molecule has 1 aromatic heterocycles. The van der Waals surface area contributed by atoms with Gasteiger partial charge >= 0.3 is 5.69 Å². The molecule has 0 bridgehead atoms. The summed E-state index contributed by atoms with van der Waals surface area (Å²) in [6.07, 6.45) is 5.03. The van der Waals surface area contributed by atoms with E-state index in [4.69, 9.17) is 12.2 Å². The lowest BCUT2D eigenvalue weighted by atomic mass is 9.95. The van der Waals surface area contributed by atoms with Crippen molar-refractivity contribution in [3.8, 4) is 5.88 Å². The molecule has 8 nitrogen and oxygen atoms in total. The first-order chi connectivity index (χ1) is 14.0. The fraction of sp³-hybridized carbons (Fsp3) is 0.400. The molecule has 2 aromatic rings. The Morgan fingerprint density at radius 2 is 1.93 bits per heavy atom. The lowest BCUT2D eigenvalue weighted by Gasteiger charge is -2.25. The molecule has 29 heavy (non-hydrogen) atoms. The van der Waals surface area contributed by atoms with Gasteiger partial charge in [-0.05, 0) is 43.6 Å². The number of nitrogens with zero attached hydrogens (tertiary/aromatic N) is 2. The van der Waals surface area contributed by atoms with Gasteiger partial charge in [-0.25, -0.2) is 4.79 Å². The maximum atomic E-state index is 12.4. The highest BCUT2D eigenvalue weighted by molar-refractivity contribution is 7.80. The van der Waals surface area contributed by atoms with Gasteiger partial charge < -0.3 is 10.4 Å². The number of hydrogen-bond donors (Lipinski definition) is 4. The number of hydrazone groups is 1. The first kappa shape index (κ1) is 20.8. The topological polar surface area (TPSA) is 112 Å². The maximum absolute atomic E-state index is 12.4. The summed E-state index contributed by atoms with van der Waals surface area (Å²) in [7, 11) is 0. The minimum Gasteiger partial charge on any atom is -0.494 e. The fourth-order valence-corrected chi connectivity index (χ4v) is 3.75. The summed E-state index contributed by atoms with van der Waals surface area (Å²) < 4.78 is 1.29. The average Bonchev–Trinajstić information content (AvgIpc) is 2.71. The molecule has 0 atom stereocenters. The molecule has 1 aliphatic carbocycles. The van der Waals surface area contributed by atoms with Crippen molar-refractivity contribution in [3.63, 3.8) is 0 Å². The van der Waals surface area contributed by atoms with Crippen LogP contribution in [0.3, 0.4) is 0 Å². The number of nitrogens with one attached hydrogen (secondary N) is 3. The predicted molar refractivity (Wildman–Crippen MR) is 118 cm³/mol. The van der Waals surface area contributed by atoms with Crippen LogP contribution in [0.2, 0.25) is 0 Å². The number of benzene rings is 1. The number of anilines is 1. The van der Waals surface area contributed by atoms with Gasteiger partial charge in [0, 0.05) is 11.7 Å². The molecule has 0 unspecified atom stereocenters. The first-order valence-electron chi connectivity index (χ1n) is 9.78. The smallest absolute Gasteiger partial charge is 0.331 e. The number of hydrogen-bond acceptors (Lipinski definition) is 5. The minimum absolute atomic E-state index is 0.00677. The van der Waals surface area contributed by atoms with E-state index in [0.717, 1.165) is 37.8 Å². The Hall–Kier alpha value is -2.94. The summed E-state index contributed by atoms with van der Waals surface area (Å²) in [6.45, 7) is 1.81. The van der Waals surface area contributed by atoms with Gasteiger partial charge in [0.2, 0.25) is 5.88 Å². The molecular weight excluding hydrogens is 390 g/mol. The molecule has 1 fully saturated rings. The number of para-hydroxylation sites is 1. The van der Waals surface area contributed by atoms with Crippen LogP contribution in [0, 0.1) is 0 Å². The zero-order valence-corrected chi connectivity index (χ0v) is 17.1. The van der Waals surface area contributed by atoms with E-state index in [-0.39, 0.29) is 22.6 Å². The highest BCUT2D eigenvalue weighted by atomic mass is 32.1. The van der Waals surface area contributed by atoms with Crippen LogP contribution in [-0.2, 0) is 0 Å². The van der Waals surface area contributed by atoms with Gasteiger partial charge in [-0.2, -0.15) is 5.10 Å². The van der Waals surface area contributed by atoms with E-state index in [1.54, 1.807) is 0 Å². The second kappa shape index (κ2) is 9.51. The van der Waals surface area contributed by atoms with Crippen LogP contribution >= 0.6 is 12.2 Å². The predicted octanol–water partition coefficient (Wildman–Crippen LogP) is 2.85. The zero-order valence-electron chi connectivity index (χ0n) is 16.3. The number of thiocarbonyl (C=S) groups is 1. The lowest BCUT2D eigenvalue weighted by Crippen LogP contribution is -2.37. The number of aromatic amines is 1. The van der Waals surface area contributed by atoms with Crippen LogP contribution in [0.25, 0.3) is 0 Å². The quantitative estimate of drug-likeness (QED) is 0.339. The zero-order chi connectivity index (χ0) is 20.8. The summed E-state index contributed by atoms with van der Waals surface area (Å²) in [5.74, 6) is -0.338. The van der Waals surface area contributed by atoms with Crippen molar-refractivity contribution < 1.29 is 5.11 Å². The summed E-state index contributed by atoms with van der Waals surface area (Å²) in [5.41, 5.74) is 2.55. The van der Waals surface area contributed by atoms with Crippen molar-refractivity contribution in [2.45, 2.75) is 51.5 Å². The van der Waals surface area contributed by atoms with Gasteiger partial charge in [-0.1, -0.05) is 44.4 Å². The standard InChI is InChI=1S/C20H25N5O3S/c1-2-15(23-24-19(29)21-13-9-5-3-6-10-13)16-17(26)22-20(28)25(18(16)27)14-11-7-4-8-12-14/h3,5-6,9-10,14,27H,2,4,7-8,11-12H2,1H3,(H2,21,24,29)(H,22,26,28). The van der Waals surface area contributed by atoms with E-state index in [9.17, 15) is 14.7 Å². The Kier molecular flexibility index (Phi) is 6.82. The molecule has 4 N–H and O–H groups in total. The van der Waals surface area contributed by atoms with Gasteiger partial charge in [-0.15, -0.1) is 0 Å². The summed E-state index contributed by atoms with van der Waals surface area (Å²) in [6, 6.07) is 9.23. The van der Waals surface area contributed by atoms with Crippen molar-refractivity contribution in [1.29, 1.82) is 0 Å². The highest BCUT2D eigenvalue weighted by Crippen LogP contribution is 2.30. The Morgan fingerprint density at radius 1 is 1.24 bits per heavy atom. The largest absolute Gasteiger partial charge is 0.494 e. The Bertz CT molecular complexity index is 1010. The third-order valence-electron chi connectivity index (χ3n) is 5.01. The van der Waals surface area contributed by atoms with E-state index in [0.29, 0.717) is 12.1 Å². The summed E-state index contributed by atoms with van der Waals surface area (Å²) in [5, 5.41) is 18.2. The Labute approximate surface area is 173 Å². The monoisotopic (exact) mass is 415 g/mol. The second-order valence-electron chi connectivity index (χ2n) is 6.96. The Morgan fingerprint density at radius 3 is 2.59 bits per heavy atom. The fourth-order valence-electron chi connectivity index (χ4n) is 3.59. The molecule has 0 amide bonds. The molecule has 1 saturated carbocycles. The molecule has 9 heteroatoms. The minimum atomic E-state index is -0.663. The summed E-state index contributed by atoms with van der Waals surface area (Å²) >= 11 is 5.23. The van der Waals surface area contributed by atoms with Crippen LogP contribution in [0.1, 0.15) is 57.1 Å². The number of H-pyrrole nitrogens is 1. The average molecular weight is 416 g/mol. The van der Waals surface area contributed by atoms with E-state index < -0.39 is 11.2 Å². The molecular formula is C20H25N5O3S. The van der Waals surface area contributed by atoms with Crippen molar-refractivity contribution >= 4 is 28.7 Å². The third-order valence-corrected chi connectivity index (χ3v) is 5.20. The molecule has 3 rings (SSSR count). The molecule has 154 valence electrons. The molecule has 1 aliphatic rings. The van der Waals surface area contributed by atoms with Gasteiger partial charge in [0.1, 0.15) is 5.56 Å². The molecule has 0 aliphatic heterocycles. The SMILES string of the molecule is CCC(=NNC(=S)Nc1ccccc1)c1c(O)n(C2CCCCC2)c(=O)[nH]c1=O. The normalized spacial score (nSPS) is 15.1. The molecule has 0 radical (unpaired) electrons. The van der Waals surface area contributed by atoms with Gasteiger partial charge in [0.25, 0.3) is 5.56 Å². The Balaban J connectivity index is 1.88. The van der Waals surface area contributed by atoms with Crippen LogP contribution in [0.4, 0.5) is 5.69 Å². The van der Waals surface area contributed by atoms with Crippen LogP contribution in [0.5, 0.6) is 5.88 Å².